The number of imide groups is 1. The number of carbonyl (C=O) groups excluding carboxylic acids is 3. The van der Waals surface area contributed by atoms with Gasteiger partial charge in [0.2, 0.25) is 0 Å². The van der Waals surface area contributed by atoms with Crippen molar-refractivity contribution in [1.29, 1.82) is 0 Å². The minimum absolute atomic E-state index is 0.00489. The fraction of sp³-hybridized carbons (Fsp3) is 0.700. The average molecular weight is 326 g/mol. The lowest BCUT2D eigenvalue weighted by Gasteiger charge is -2.17. The highest BCUT2D eigenvalue weighted by molar-refractivity contribution is 8.01. The Morgan fingerprint density at radius 1 is 1.50 bits per heavy atom. The third-order valence-corrected chi connectivity index (χ3v) is 4.74. The van der Waals surface area contributed by atoms with E-state index in [4.69, 9.17) is 5.92 Å². The van der Waals surface area contributed by atoms with Crippen molar-refractivity contribution in [3.63, 3.8) is 0 Å². The van der Waals surface area contributed by atoms with Crippen LogP contribution in [0, 0.1) is 0 Å². The van der Waals surface area contributed by atoms with Gasteiger partial charge in [-0.3, -0.25) is 14.1 Å². The lowest BCUT2D eigenvalue weighted by atomic mass is 10.4. The van der Waals surface area contributed by atoms with Gasteiger partial charge in [-0.05, 0) is 5.25 Å². The summed E-state index contributed by atoms with van der Waals surface area (Å²) in [6, 6.07) is 0. The molecule has 0 aromatic heterocycles. The quantitative estimate of drug-likeness (QED) is 0.535. The Labute approximate surface area is 121 Å². The lowest BCUT2D eigenvalue weighted by molar-refractivity contribution is -0.196. The van der Waals surface area contributed by atoms with Gasteiger partial charge in [0.1, 0.15) is 0 Å². The van der Waals surface area contributed by atoms with Gasteiger partial charge in [0.25, 0.3) is 21.9 Å². The minimum Gasteiger partial charge on any atom is -0.329 e. The fourth-order valence-electron chi connectivity index (χ4n) is 1.26. The van der Waals surface area contributed by atoms with Crippen LogP contribution < -0.4 is 0 Å². The van der Waals surface area contributed by atoms with Crippen LogP contribution in [-0.4, -0.2) is 52.1 Å². The highest BCUT2D eigenvalue weighted by atomic mass is 32.2. The summed E-state index contributed by atoms with van der Waals surface area (Å²) < 4.78 is 38.7. The molecule has 1 rings (SSSR count). The molecule has 114 valence electrons. The summed E-state index contributed by atoms with van der Waals surface area (Å²) in [6.07, 6.45) is -1.82. The molecule has 8 nitrogen and oxygen atoms in total. The number of amides is 2. The first-order chi connectivity index (χ1) is 9.54. The highest BCUT2D eigenvalue weighted by Gasteiger charge is 2.39. The van der Waals surface area contributed by atoms with E-state index in [0.29, 0.717) is 0 Å². The van der Waals surface area contributed by atoms with Crippen LogP contribution in [0.25, 0.3) is 0 Å². The van der Waals surface area contributed by atoms with E-state index in [2.05, 4.69) is 4.84 Å². The molecule has 0 bridgehead atoms. The molecule has 2 amide bonds. The van der Waals surface area contributed by atoms with Gasteiger partial charge in [0, 0.05) is 19.9 Å². The van der Waals surface area contributed by atoms with Crippen LogP contribution in [-0.2, 0) is 29.3 Å². The topological polar surface area (TPSA) is 118 Å². The number of hydrogen-bond acceptors (Lipinski definition) is 7. The van der Waals surface area contributed by atoms with E-state index < -0.39 is 46.0 Å². The predicted molar refractivity (Wildman–Crippen MR) is 70.1 cm³/mol. The van der Waals surface area contributed by atoms with E-state index in [-0.39, 0.29) is 16.1 Å². The largest absolute Gasteiger partial charge is 0.354 e. The molecular formula is C10H15NO7S2. The number of nitrogens with zero attached hydrogens (tertiary/aromatic N) is 1. The molecule has 0 aromatic rings. The van der Waals surface area contributed by atoms with Crippen LogP contribution in [0.1, 0.15) is 28.0 Å². The molecule has 0 aromatic carbocycles. The molecular weight excluding hydrogens is 310 g/mol. The highest BCUT2D eigenvalue weighted by Crippen LogP contribution is 2.18. The van der Waals surface area contributed by atoms with Crippen LogP contribution in [0.3, 0.4) is 0 Å². The third-order valence-electron chi connectivity index (χ3n) is 2.26. The van der Waals surface area contributed by atoms with Gasteiger partial charge in [-0.15, -0.1) is 5.06 Å². The minimum atomic E-state index is -4.74. The Morgan fingerprint density at radius 3 is 2.50 bits per heavy atom. The van der Waals surface area contributed by atoms with E-state index in [1.54, 1.807) is 13.8 Å². The third kappa shape index (κ3) is 4.46. The molecule has 20 heavy (non-hydrogen) atoms. The van der Waals surface area contributed by atoms with E-state index in [1.807, 2.05) is 0 Å². The smallest absolute Gasteiger partial charge is 0.329 e. The van der Waals surface area contributed by atoms with Gasteiger partial charge < -0.3 is 4.84 Å². The Hall–Kier alpha value is -1.13. The van der Waals surface area contributed by atoms with Gasteiger partial charge in [-0.1, -0.05) is 13.8 Å². The zero-order valence-electron chi connectivity index (χ0n) is 11.8. The summed E-state index contributed by atoms with van der Waals surface area (Å²) in [6.45, 7) is 3.52. The van der Waals surface area contributed by atoms with Crippen LogP contribution >= 0.6 is 11.8 Å². The zero-order chi connectivity index (χ0) is 16.4. The monoisotopic (exact) mass is 326 g/mol. The van der Waals surface area contributed by atoms with E-state index in [9.17, 15) is 22.8 Å². The van der Waals surface area contributed by atoms with Crippen molar-refractivity contribution in [3.05, 3.63) is 0 Å². The maximum Gasteiger partial charge on any atom is 0.354 e. The van der Waals surface area contributed by atoms with Crippen LogP contribution in [0.5, 0.6) is 0 Å². The molecule has 1 fully saturated rings. The van der Waals surface area contributed by atoms with Crippen molar-refractivity contribution in [2.75, 3.05) is 5.75 Å². The molecule has 1 saturated heterocycles. The van der Waals surface area contributed by atoms with Crippen LogP contribution in [0.4, 0.5) is 0 Å². The maximum absolute atomic E-state index is 11.8. The van der Waals surface area contributed by atoms with Crippen LogP contribution in [0.2, 0.25) is 0 Å². The first kappa shape index (κ1) is 15.3. The van der Waals surface area contributed by atoms with E-state index >= 15 is 0 Å². The van der Waals surface area contributed by atoms with Crippen molar-refractivity contribution in [2.45, 2.75) is 37.2 Å². The van der Waals surface area contributed by atoms with Gasteiger partial charge in [0.15, 0.2) is 5.25 Å². The lowest BCUT2D eigenvalue weighted by Crippen LogP contribution is -2.41. The number of rotatable bonds is 6. The average Bonchev–Trinajstić information content (AvgIpc) is 2.54. The van der Waals surface area contributed by atoms with Crippen molar-refractivity contribution in [2.24, 2.45) is 0 Å². The molecule has 0 spiro atoms. The Balaban J connectivity index is 2.82. The number of thioether (sulfide) groups is 1. The maximum atomic E-state index is 11.8. The molecule has 2 atom stereocenters. The van der Waals surface area contributed by atoms with Gasteiger partial charge in [-0.25, -0.2) is 4.79 Å². The van der Waals surface area contributed by atoms with Gasteiger partial charge in [-0.2, -0.15) is 20.2 Å². The summed E-state index contributed by atoms with van der Waals surface area (Å²) in [5.74, 6) is -3.66. The van der Waals surface area contributed by atoms with Crippen molar-refractivity contribution in [1.82, 2.24) is 5.06 Å². The second-order valence-corrected chi connectivity index (χ2v) is 7.44. The van der Waals surface area contributed by atoms with Crippen molar-refractivity contribution >= 4 is 39.7 Å². The molecule has 2 unspecified atom stereocenters. The molecule has 0 aliphatic carbocycles. The van der Waals surface area contributed by atoms with Crippen molar-refractivity contribution < 1.29 is 33.6 Å². The first-order valence-corrected chi connectivity index (χ1v) is 8.18. The van der Waals surface area contributed by atoms with E-state index in [0.717, 1.165) is 11.8 Å². The Morgan fingerprint density at radius 2 is 2.10 bits per heavy atom. The summed E-state index contributed by atoms with van der Waals surface area (Å²) >= 11 is 1.09. The van der Waals surface area contributed by atoms with Gasteiger partial charge in [0.05, 0.1) is 0 Å². The summed E-state index contributed by atoms with van der Waals surface area (Å²) in [5, 5.41) is -1.83. The molecule has 1 heterocycles. The summed E-state index contributed by atoms with van der Waals surface area (Å²) in [5.41, 5.74) is 0. The molecule has 0 saturated carbocycles. The Kier molecular flexibility index (Phi) is 5.00. The number of hydrogen-bond donors (Lipinski definition) is 1. The molecule has 0 radical (unpaired) electrons. The van der Waals surface area contributed by atoms with E-state index in [1.165, 1.54) is 0 Å². The molecule has 10 heteroatoms. The fourth-order valence-corrected chi connectivity index (χ4v) is 3.17. The summed E-state index contributed by atoms with van der Waals surface area (Å²) in [7, 11) is -4.74. The second-order valence-electron chi connectivity index (χ2n) is 4.23. The van der Waals surface area contributed by atoms with Crippen molar-refractivity contribution in [3.8, 4) is 0 Å². The molecule has 1 N–H and O–H groups in total. The number of carbonyl (C=O) groups is 3. The van der Waals surface area contributed by atoms with Crippen LogP contribution in [0.15, 0.2) is 0 Å². The molecule has 1 aliphatic rings. The van der Waals surface area contributed by atoms with Gasteiger partial charge >= 0.3 is 5.97 Å². The first-order valence-electron chi connectivity index (χ1n) is 6.20. The molecule has 1 aliphatic heterocycles. The normalized spacial score (nSPS) is 22.1. The Bertz CT molecular complexity index is 548. The zero-order valence-corrected chi connectivity index (χ0v) is 12.4. The standard InChI is InChI=1S/C10H15NO7S2/c1-6(2)19-5-7(20(15,16)17)10(14)18-11-8(12)3-4-9(11)13/h6-7H,3-5H2,1-2H3,(H,15,16,17)/i3D. The number of hydroxylamine groups is 2. The SMILES string of the molecule is [2H]C1CC(=O)N(OC(=O)C(CSC(C)C)S(=O)(=O)O)C1=O. The predicted octanol–water partition coefficient (Wildman–Crippen LogP) is -0.00840. The second kappa shape index (κ2) is 6.55. The summed E-state index contributed by atoms with van der Waals surface area (Å²) in [4.78, 5) is 39.0.